The number of benzene rings is 1. The van der Waals surface area contributed by atoms with Gasteiger partial charge in [-0.1, -0.05) is 77.3 Å². The topological polar surface area (TPSA) is 300 Å². The Labute approximate surface area is 450 Å². The molecule has 2 aromatic heterocycles. The third-order valence-corrected chi connectivity index (χ3v) is 15.0. The number of ether oxygens (including phenoxy) is 3. The molecule has 0 saturated carbocycles. The molecule has 0 unspecified atom stereocenters. The lowest BCUT2D eigenvalue weighted by atomic mass is 9.92. The molecular formula is C50H73N9O13S3. The molecule has 0 aliphatic rings. The SMILES string of the molecule is CCCC(=O)OCN(C(=O)[C@@H](NC(=O)CCCCCNC)[C@@H](C)CC)[C@H](C[C@@H](OC(C)=O)c1nc(C(=O)N[C@@H](Cc2ccc(O)cc2)C[C@H](C)C(=O)NNC(=O)OCCSSc2ncccc2[N+](=O)[O-])cs1)C(C)C. The maximum absolute atomic E-state index is 14.8. The summed E-state index contributed by atoms with van der Waals surface area (Å²) in [7, 11) is 4.11. The number of phenolic OH excluding ortho intramolecular Hbond substituents is 1. The van der Waals surface area contributed by atoms with Crippen LogP contribution in [-0.4, -0.2) is 117 Å². The molecule has 0 saturated heterocycles. The highest BCUT2D eigenvalue weighted by atomic mass is 33.1. The average molecular weight is 1100 g/mol. The molecule has 6 atom stereocenters. The van der Waals surface area contributed by atoms with Gasteiger partial charge in [-0.3, -0.25) is 44.3 Å². The molecule has 6 N–H and O–H groups in total. The fraction of sp³-hybridized carbons (Fsp3) is 0.580. The third kappa shape index (κ3) is 22.8. The number of carbonyl (C=O) groups is 7. The number of nitrogens with zero attached hydrogens (tertiary/aromatic N) is 4. The van der Waals surface area contributed by atoms with Crippen molar-refractivity contribution in [1.29, 1.82) is 0 Å². The molecule has 414 valence electrons. The zero-order chi connectivity index (χ0) is 55.5. The van der Waals surface area contributed by atoms with Crippen LogP contribution >= 0.6 is 32.9 Å². The van der Waals surface area contributed by atoms with E-state index in [1.807, 2.05) is 41.7 Å². The van der Waals surface area contributed by atoms with Crippen molar-refractivity contribution < 1.29 is 57.8 Å². The number of thiazole rings is 1. The normalized spacial score (nSPS) is 13.5. The molecule has 0 spiro atoms. The number of nitro groups is 1. The second-order valence-electron chi connectivity index (χ2n) is 18.2. The van der Waals surface area contributed by atoms with Gasteiger partial charge in [0.15, 0.2) is 17.9 Å². The van der Waals surface area contributed by atoms with Gasteiger partial charge in [0, 0.05) is 67.6 Å². The van der Waals surface area contributed by atoms with Crippen LogP contribution in [0.1, 0.15) is 133 Å². The minimum absolute atomic E-state index is 0.00995. The van der Waals surface area contributed by atoms with E-state index in [0.717, 1.165) is 47.1 Å². The Morgan fingerprint density at radius 3 is 2.32 bits per heavy atom. The minimum atomic E-state index is -1.07. The van der Waals surface area contributed by atoms with Gasteiger partial charge in [-0.2, -0.15) is 0 Å². The van der Waals surface area contributed by atoms with Gasteiger partial charge < -0.3 is 40.2 Å². The number of phenols is 1. The number of esters is 2. The first-order valence-corrected chi connectivity index (χ1v) is 28.2. The van der Waals surface area contributed by atoms with Gasteiger partial charge >= 0.3 is 23.7 Å². The number of rotatable bonds is 33. The number of hydrazine groups is 1. The monoisotopic (exact) mass is 1100 g/mol. The van der Waals surface area contributed by atoms with Crippen LogP contribution in [-0.2, 0) is 44.6 Å². The van der Waals surface area contributed by atoms with Crippen LogP contribution in [0.3, 0.4) is 0 Å². The van der Waals surface area contributed by atoms with Crippen molar-refractivity contribution >= 4 is 80.3 Å². The van der Waals surface area contributed by atoms with Crippen LogP contribution in [0, 0.1) is 27.9 Å². The molecule has 0 aliphatic carbocycles. The van der Waals surface area contributed by atoms with Crippen molar-refractivity contribution in [2.24, 2.45) is 17.8 Å². The van der Waals surface area contributed by atoms with E-state index in [-0.39, 0.29) is 89.4 Å². The largest absolute Gasteiger partial charge is 0.508 e. The molecule has 2 heterocycles. The Morgan fingerprint density at radius 2 is 1.67 bits per heavy atom. The fourth-order valence-electron chi connectivity index (χ4n) is 7.56. The molecule has 75 heavy (non-hydrogen) atoms. The Kier molecular flexibility index (Phi) is 28.5. The highest BCUT2D eigenvalue weighted by Crippen LogP contribution is 2.35. The highest BCUT2D eigenvalue weighted by molar-refractivity contribution is 8.76. The first-order valence-electron chi connectivity index (χ1n) is 25.0. The Bertz CT molecular complexity index is 2330. The maximum Gasteiger partial charge on any atom is 0.426 e. The molecule has 3 aromatic rings. The summed E-state index contributed by atoms with van der Waals surface area (Å²) in [5.41, 5.74) is 5.09. The molecule has 1 aromatic carbocycles. The summed E-state index contributed by atoms with van der Waals surface area (Å²) < 4.78 is 16.6. The summed E-state index contributed by atoms with van der Waals surface area (Å²) in [5, 5.41) is 32.1. The van der Waals surface area contributed by atoms with E-state index in [2.05, 4.69) is 36.8 Å². The van der Waals surface area contributed by atoms with Crippen molar-refractivity contribution in [2.75, 3.05) is 32.7 Å². The standard InChI is InChI=1S/C50H73N9O13S3/c1-9-15-43(63)71-30-58(49(66)44(32(5)10-2)55-42(62)17-12-11-13-22-51-8)40(31(3)4)28-41(72-34(7)60)48-54-38(29-73-48)46(65)53-36(27-35-18-20-37(61)21-19-35)26-33(6)45(64)56-57-50(67)70-24-25-74-75-47-39(59(68)69)16-14-23-52-47/h14,16,18-21,23,29,31-33,36,40-41,44,51,61H,9-13,15,17,22,24-28,30H2,1-8H3,(H,53,65)(H,55,62)(H,56,64)(H,57,67)/t32-,33-,36+,40+,41+,44-/m0/s1. The molecule has 0 fully saturated rings. The van der Waals surface area contributed by atoms with Gasteiger partial charge in [0.1, 0.15) is 29.1 Å². The number of aromatic nitrogens is 2. The van der Waals surface area contributed by atoms with Crippen LogP contribution < -0.4 is 26.8 Å². The van der Waals surface area contributed by atoms with E-state index in [1.54, 1.807) is 19.1 Å². The molecule has 0 bridgehead atoms. The summed E-state index contributed by atoms with van der Waals surface area (Å²) in [6.45, 7) is 12.5. The van der Waals surface area contributed by atoms with Crippen molar-refractivity contribution in [3.8, 4) is 5.75 Å². The molecule has 0 aliphatic heterocycles. The van der Waals surface area contributed by atoms with Crippen molar-refractivity contribution in [3.63, 3.8) is 0 Å². The first kappa shape index (κ1) is 63.2. The Hall–Kier alpha value is -6.05. The summed E-state index contributed by atoms with van der Waals surface area (Å²) >= 11 is 1.06. The lowest BCUT2D eigenvalue weighted by molar-refractivity contribution is -0.388. The second kappa shape index (κ2) is 33.8. The predicted molar refractivity (Wildman–Crippen MR) is 285 cm³/mol. The number of aromatic hydroxyl groups is 1. The van der Waals surface area contributed by atoms with Gasteiger partial charge in [0.05, 0.1) is 4.92 Å². The lowest BCUT2D eigenvalue weighted by Gasteiger charge is -2.38. The smallest absolute Gasteiger partial charge is 0.426 e. The van der Waals surface area contributed by atoms with Crippen LogP contribution in [0.25, 0.3) is 0 Å². The molecule has 22 nitrogen and oxygen atoms in total. The number of nitrogens with one attached hydrogen (secondary N) is 5. The minimum Gasteiger partial charge on any atom is -0.508 e. The number of hydrogen-bond acceptors (Lipinski definition) is 19. The zero-order valence-corrected chi connectivity index (χ0v) is 46.4. The number of amides is 5. The summed E-state index contributed by atoms with van der Waals surface area (Å²) in [6, 6.07) is 6.75. The van der Waals surface area contributed by atoms with Gasteiger partial charge in [-0.15, -0.1) is 11.3 Å². The second-order valence-corrected chi connectivity index (χ2v) is 21.5. The van der Waals surface area contributed by atoms with Crippen molar-refractivity contribution in [2.45, 2.75) is 142 Å². The fourth-order valence-corrected chi connectivity index (χ4v) is 10.2. The molecule has 5 amide bonds. The molecule has 3 rings (SSSR count). The number of carbonyl (C=O) groups excluding carboxylic acids is 7. The van der Waals surface area contributed by atoms with Gasteiger partial charge in [0.2, 0.25) is 17.7 Å². The van der Waals surface area contributed by atoms with E-state index in [4.69, 9.17) is 14.2 Å². The Morgan fingerprint density at radius 1 is 0.933 bits per heavy atom. The maximum atomic E-state index is 14.8. The van der Waals surface area contributed by atoms with Crippen LogP contribution in [0.5, 0.6) is 5.75 Å². The summed E-state index contributed by atoms with van der Waals surface area (Å²) in [5.74, 6) is -4.19. The number of pyridine rings is 1. The van der Waals surface area contributed by atoms with E-state index >= 15 is 0 Å². The van der Waals surface area contributed by atoms with E-state index in [9.17, 15) is 48.8 Å². The predicted octanol–water partition coefficient (Wildman–Crippen LogP) is 7.18. The number of unbranched alkanes of at least 4 members (excludes halogenated alkanes) is 2. The highest BCUT2D eigenvalue weighted by Gasteiger charge is 2.38. The molecule has 0 radical (unpaired) electrons. The number of hydrogen-bond donors (Lipinski definition) is 6. The zero-order valence-electron chi connectivity index (χ0n) is 43.9. The molecule has 25 heteroatoms. The van der Waals surface area contributed by atoms with Crippen LogP contribution in [0.4, 0.5) is 10.5 Å². The Balaban J connectivity index is 1.79. The summed E-state index contributed by atoms with van der Waals surface area (Å²) in [4.78, 5) is 114. The van der Waals surface area contributed by atoms with Crippen LogP contribution in [0.15, 0.2) is 53.0 Å². The van der Waals surface area contributed by atoms with E-state index in [0.29, 0.717) is 19.3 Å². The third-order valence-electron chi connectivity index (χ3n) is 11.8. The van der Waals surface area contributed by atoms with Crippen LogP contribution in [0.2, 0.25) is 0 Å². The van der Waals surface area contributed by atoms with Gasteiger partial charge in [-0.05, 0) is 92.1 Å². The lowest BCUT2D eigenvalue weighted by Crippen LogP contribution is -2.56. The van der Waals surface area contributed by atoms with Gasteiger partial charge in [-0.25, -0.2) is 20.2 Å². The van der Waals surface area contributed by atoms with Crippen molar-refractivity contribution in [1.82, 2.24) is 41.7 Å². The van der Waals surface area contributed by atoms with Gasteiger partial charge in [0.25, 0.3) is 5.91 Å². The van der Waals surface area contributed by atoms with E-state index in [1.165, 1.54) is 58.5 Å². The quantitative estimate of drug-likeness (QED) is 0.00669. The van der Waals surface area contributed by atoms with E-state index < -0.39 is 77.6 Å². The first-order chi connectivity index (χ1) is 35.8. The summed E-state index contributed by atoms with van der Waals surface area (Å²) in [6.07, 6.45) is 3.51. The molecular weight excluding hydrogens is 1030 g/mol. The van der Waals surface area contributed by atoms with Crippen molar-refractivity contribution in [3.05, 3.63) is 74.4 Å². The average Bonchev–Trinajstić information content (AvgIpc) is 3.87.